The third-order valence-corrected chi connectivity index (χ3v) is 5.62. The number of rotatable bonds is 4. The first-order valence-corrected chi connectivity index (χ1v) is 9.77. The average Bonchev–Trinajstić information content (AvgIpc) is 2.83. The average molecular weight is 409 g/mol. The second-order valence-corrected chi connectivity index (χ2v) is 7.53. The van der Waals surface area contributed by atoms with Crippen LogP contribution in [0.25, 0.3) is 11.1 Å². The van der Waals surface area contributed by atoms with Gasteiger partial charge in [0.2, 0.25) is 0 Å². The lowest BCUT2D eigenvalue weighted by molar-refractivity contribution is -0.141. The zero-order chi connectivity index (χ0) is 20.5. The summed E-state index contributed by atoms with van der Waals surface area (Å²) >= 11 is 6.35. The molecule has 0 saturated carbocycles. The van der Waals surface area contributed by atoms with Crippen molar-refractivity contribution in [2.75, 3.05) is 7.11 Å². The van der Waals surface area contributed by atoms with E-state index >= 15 is 0 Å². The van der Waals surface area contributed by atoms with E-state index in [0.29, 0.717) is 5.02 Å². The lowest BCUT2D eigenvalue weighted by atomic mass is 9.89. The topological polar surface area (TPSA) is 55.8 Å². The number of fused-ring (bicyclic) bond motifs is 3. The van der Waals surface area contributed by atoms with Crippen LogP contribution in [0.5, 0.6) is 5.75 Å². The van der Waals surface area contributed by atoms with Crippen molar-refractivity contribution in [3.05, 3.63) is 87.9 Å². The Morgan fingerprint density at radius 2 is 1.76 bits per heavy atom. The Kier molecular flexibility index (Phi) is 5.31. The van der Waals surface area contributed by atoms with Crippen LogP contribution in [0.2, 0.25) is 5.02 Å². The first kappa shape index (κ1) is 19.5. The molecule has 1 aliphatic heterocycles. The van der Waals surface area contributed by atoms with Gasteiger partial charge in [0.05, 0.1) is 19.6 Å². The van der Waals surface area contributed by atoms with Gasteiger partial charge in [-0.05, 0) is 58.5 Å². The van der Waals surface area contributed by atoms with E-state index in [0.717, 1.165) is 39.1 Å². The van der Waals surface area contributed by atoms with Crippen molar-refractivity contribution >= 4 is 17.6 Å². The molecule has 2 atom stereocenters. The molecule has 0 radical (unpaired) electrons. The van der Waals surface area contributed by atoms with Gasteiger partial charge in [-0.15, -0.1) is 0 Å². The van der Waals surface area contributed by atoms with Crippen LogP contribution in [0.3, 0.4) is 0 Å². The normalized spacial score (nSPS) is 17.8. The molecule has 148 valence electrons. The molecular formula is C24H21ClO4. The predicted octanol–water partition coefficient (Wildman–Crippen LogP) is 5.96. The molecule has 3 aromatic carbocycles. The van der Waals surface area contributed by atoms with Gasteiger partial charge in [-0.1, -0.05) is 54.1 Å². The van der Waals surface area contributed by atoms with Gasteiger partial charge in [0.25, 0.3) is 0 Å². The van der Waals surface area contributed by atoms with Gasteiger partial charge in [-0.2, -0.15) is 0 Å². The molecule has 0 saturated heterocycles. The smallest absolute Gasteiger partial charge is 0.306 e. The van der Waals surface area contributed by atoms with Crippen LogP contribution in [0, 0.1) is 6.92 Å². The number of carboxylic acid groups (broad SMARTS) is 1. The summed E-state index contributed by atoms with van der Waals surface area (Å²) in [6.45, 7) is 1.98. The fraction of sp³-hybridized carbons (Fsp3) is 0.208. The van der Waals surface area contributed by atoms with E-state index in [-0.39, 0.29) is 6.42 Å². The van der Waals surface area contributed by atoms with Crippen molar-refractivity contribution in [1.29, 1.82) is 0 Å². The Bertz CT molecular complexity index is 1080. The Labute approximate surface area is 174 Å². The maximum Gasteiger partial charge on any atom is 0.306 e. The molecule has 0 aromatic heterocycles. The van der Waals surface area contributed by atoms with E-state index in [2.05, 4.69) is 0 Å². The zero-order valence-corrected chi connectivity index (χ0v) is 16.9. The highest BCUT2D eigenvalue weighted by atomic mass is 35.5. The van der Waals surface area contributed by atoms with Crippen molar-refractivity contribution < 1.29 is 19.4 Å². The summed E-state index contributed by atoms with van der Waals surface area (Å²) in [4.78, 5) is 11.6. The third-order valence-electron chi connectivity index (χ3n) is 5.38. The minimum atomic E-state index is -0.907. The molecule has 3 aromatic rings. The number of hydrogen-bond donors (Lipinski definition) is 1. The van der Waals surface area contributed by atoms with Gasteiger partial charge in [0, 0.05) is 5.02 Å². The summed E-state index contributed by atoms with van der Waals surface area (Å²) in [6.07, 6.45) is -1.20. The minimum Gasteiger partial charge on any atom is -0.496 e. The van der Waals surface area contributed by atoms with Crippen LogP contribution in [-0.2, 0) is 9.53 Å². The molecule has 0 bridgehead atoms. The molecular weight excluding hydrogens is 388 g/mol. The van der Waals surface area contributed by atoms with Crippen LogP contribution in [0.4, 0.5) is 0 Å². The number of aliphatic carboxylic acids is 1. The summed E-state index contributed by atoms with van der Waals surface area (Å²) in [7, 11) is 1.63. The lowest BCUT2D eigenvalue weighted by Gasteiger charge is -2.25. The first-order chi connectivity index (χ1) is 14.0. The Balaban J connectivity index is 1.97. The number of carboxylic acids is 1. The van der Waals surface area contributed by atoms with Gasteiger partial charge >= 0.3 is 5.97 Å². The van der Waals surface area contributed by atoms with E-state index in [4.69, 9.17) is 21.1 Å². The molecule has 0 spiro atoms. The number of halogens is 1. The van der Waals surface area contributed by atoms with Crippen LogP contribution < -0.4 is 4.74 Å². The molecule has 4 nitrogen and oxygen atoms in total. The monoisotopic (exact) mass is 408 g/mol. The highest BCUT2D eigenvalue weighted by Gasteiger charge is 2.32. The number of carbonyl (C=O) groups is 1. The van der Waals surface area contributed by atoms with Gasteiger partial charge in [0.1, 0.15) is 11.9 Å². The molecule has 1 aliphatic rings. The van der Waals surface area contributed by atoms with Crippen molar-refractivity contribution in [1.82, 2.24) is 0 Å². The maximum absolute atomic E-state index is 11.6. The standard InChI is InChI=1S/C24H21ClO4/c1-14-16(8-5-9-21(14)28-2)24-20-12-15(25)10-11-18(20)17-6-3-4-7-19(17)22(29-24)13-23(26)27/h3-12,22,24H,13H2,1-2H3,(H,26,27). The molecule has 1 N–H and O–H groups in total. The number of ether oxygens (including phenoxy) is 2. The highest BCUT2D eigenvalue weighted by Crippen LogP contribution is 2.47. The van der Waals surface area contributed by atoms with Gasteiger partial charge in [-0.25, -0.2) is 0 Å². The third kappa shape index (κ3) is 3.61. The highest BCUT2D eigenvalue weighted by molar-refractivity contribution is 6.30. The molecule has 29 heavy (non-hydrogen) atoms. The fourth-order valence-corrected chi connectivity index (χ4v) is 4.20. The number of methoxy groups -OCH3 is 1. The lowest BCUT2D eigenvalue weighted by Crippen LogP contribution is -2.14. The predicted molar refractivity (Wildman–Crippen MR) is 113 cm³/mol. The number of hydrogen-bond acceptors (Lipinski definition) is 3. The van der Waals surface area contributed by atoms with Crippen LogP contribution in [-0.4, -0.2) is 18.2 Å². The van der Waals surface area contributed by atoms with E-state index in [1.807, 2.05) is 67.6 Å². The van der Waals surface area contributed by atoms with Crippen molar-refractivity contribution in [3.63, 3.8) is 0 Å². The largest absolute Gasteiger partial charge is 0.496 e. The fourth-order valence-electron chi connectivity index (χ4n) is 4.02. The molecule has 2 unspecified atom stereocenters. The van der Waals surface area contributed by atoms with E-state index in [1.54, 1.807) is 7.11 Å². The first-order valence-electron chi connectivity index (χ1n) is 9.39. The summed E-state index contributed by atoms with van der Waals surface area (Å²) in [5.41, 5.74) is 5.61. The number of benzene rings is 3. The minimum absolute atomic E-state index is 0.127. The van der Waals surface area contributed by atoms with E-state index in [9.17, 15) is 9.90 Å². The van der Waals surface area contributed by atoms with Crippen molar-refractivity contribution in [2.24, 2.45) is 0 Å². The Morgan fingerprint density at radius 3 is 2.52 bits per heavy atom. The zero-order valence-electron chi connectivity index (χ0n) is 16.2. The second-order valence-electron chi connectivity index (χ2n) is 7.10. The molecule has 0 aliphatic carbocycles. The quantitative estimate of drug-likeness (QED) is 0.578. The van der Waals surface area contributed by atoms with Crippen LogP contribution in [0.1, 0.15) is 40.9 Å². The summed E-state index contributed by atoms with van der Waals surface area (Å²) in [5, 5.41) is 10.1. The summed E-state index contributed by atoms with van der Waals surface area (Å²) in [5.74, 6) is -0.152. The Morgan fingerprint density at radius 1 is 1.03 bits per heavy atom. The second kappa shape index (κ2) is 7.90. The van der Waals surface area contributed by atoms with E-state index < -0.39 is 18.2 Å². The Hall–Kier alpha value is -2.82. The molecule has 4 rings (SSSR count). The maximum atomic E-state index is 11.6. The van der Waals surface area contributed by atoms with Crippen LogP contribution in [0.15, 0.2) is 60.7 Å². The van der Waals surface area contributed by atoms with Crippen molar-refractivity contribution in [2.45, 2.75) is 25.6 Å². The molecule has 1 heterocycles. The SMILES string of the molecule is COc1cccc(C2OC(CC(=O)O)c3ccccc3-c3ccc(Cl)cc32)c1C. The molecule has 0 amide bonds. The van der Waals surface area contributed by atoms with Gasteiger partial charge < -0.3 is 14.6 Å². The molecule has 5 heteroatoms. The van der Waals surface area contributed by atoms with E-state index in [1.165, 1.54) is 0 Å². The molecule has 0 fully saturated rings. The van der Waals surface area contributed by atoms with Crippen molar-refractivity contribution in [3.8, 4) is 16.9 Å². The summed E-state index contributed by atoms with van der Waals surface area (Å²) < 4.78 is 12.0. The summed E-state index contributed by atoms with van der Waals surface area (Å²) in [6, 6.07) is 19.3. The van der Waals surface area contributed by atoms with Gasteiger partial charge in [0.15, 0.2) is 0 Å². The van der Waals surface area contributed by atoms with Crippen LogP contribution >= 0.6 is 11.6 Å². The van der Waals surface area contributed by atoms with Gasteiger partial charge in [-0.3, -0.25) is 4.79 Å².